The zero-order chi connectivity index (χ0) is 12.5. The average Bonchev–Trinajstić information content (AvgIpc) is 2.29. The normalized spacial score (nSPS) is 11.5. The van der Waals surface area contributed by atoms with Crippen LogP contribution in [0.4, 0.5) is 0 Å². The zero-order valence-corrected chi connectivity index (χ0v) is 13.2. The van der Waals surface area contributed by atoms with E-state index in [4.69, 9.17) is 0 Å². The summed E-state index contributed by atoms with van der Waals surface area (Å²) in [7, 11) is 0. The predicted octanol–water partition coefficient (Wildman–Crippen LogP) is 3.13. The molecule has 0 fully saturated rings. The maximum absolute atomic E-state index is 2.48. The number of benzene rings is 2. The molecule has 1 heteroatoms. The number of hydrogen-bond donors (Lipinski definition) is 0. The van der Waals surface area contributed by atoms with Crippen LogP contribution in [0.5, 0.6) is 0 Å². The third-order valence-corrected chi connectivity index (χ3v) is 10.8. The van der Waals surface area contributed by atoms with Crippen LogP contribution in [0.2, 0.25) is 11.5 Å². The van der Waals surface area contributed by atoms with Gasteiger partial charge in [0.25, 0.3) is 0 Å². The van der Waals surface area contributed by atoms with E-state index in [1.807, 2.05) is 0 Å². The van der Waals surface area contributed by atoms with Gasteiger partial charge < -0.3 is 0 Å². The molecule has 2 rings (SSSR count). The van der Waals surface area contributed by atoms with Gasteiger partial charge in [-0.25, -0.2) is 0 Å². The Bertz CT molecular complexity index is 479. The minimum absolute atomic E-state index is 1.37. The second-order valence-corrected chi connectivity index (χ2v) is 14.6. The van der Waals surface area contributed by atoms with Crippen molar-refractivity contribution in [3.63, 3.8) is 0 Å². The Hall–Kier alpha value is -1.02. The Balaban J connectivity index is 2.49. The Labute approximate surface area is 107 Å². The number of hydrogen-bond acceptors (Lipinski definition) is 0. The summed E-state index contributed by atoms with van der Waals surface area (Å²) in [4.78, 5) is 0. The van der Waals surface area contributed by atoms with Crippen LogP contribution >= 0.6 is 0 Å². The third kappa shape index (κ3) is 2.63. The van der Waals surface area contributed by atoms with Crippen molar-refractivity contribution in [2.75, 3.05) is 0 Å². The van der Waals surface area contributed by atoms with Crippen molar-refractivity contribution in [3.8, 4) is 0 Å². The van der Waals surface area contributed by atoms with Crippen molar-refractivity contribution in [3.05, 3.63) is 59.7 Å². The van der Waals surface area contributed by atoms with E-state index in [9.17, 15) is 0 Å². The monoisotopic (exact) mass is 286 g/mol. The molecule has 0 aromatic heterocycles. The van der Waals surface area contributed by atoms with Gasteiger partial charge in [-0.2, -0.15) is 0 Å². The molecule has 0 unspecified atom stereocenters. The molecule has 0 bridgehead atoms. The first kappa shape index (κ1) is 12.4. The van der Waals surface area contributed by atoms with E-state index in [1.165, 1.54) is 11.1 Å². The average molecular weight is 285 g/mol. The van der Waals surface area contributed by atoms with Gasteiger partial charge in [0.15, 0.2) is 0 Å². The summed E-state index contributed by atoms with van der Waals surface area (Å²) < 4.78 is 3.13. The molecule has 0 spiro atoms. The summed E-state index contributed by atoms with van der Waals surface area (Å²) in [5.74, 6) is 4.95. The van der Waals surface area contributed by atoms with E-state index < -0.39 is 13.3 Å². The van der Waals surface area contributed by atoms with E-state index in [2.05, 4.69) is 73.9 Å². The Morgan fingerprint density at radius 2 is 1.12 bits per heavy atom. The summed E-state index contributed by atoms with van der Waals surface area (Å²) in [5, 5.41) is 0. The summed E-state index contributed by atoms with van der Waals surface area (Å²) in [6.07, 6.45) is 0. The van der Waals surface area contributed by atoms with Gasteiger partial charge in [-0.1, -0.05) is 0 Å². The van der Waals surface area contributed by atoms with Gasteiger partial charge in [0, 0.05) is 0 Å². The molecular formula is C16H20Ge. The summed E-state index contributed by atoms with van der Waals surface area (Å²) in [5.41, 5.74) is 2.74. The maximum atomic E-state index is 2.48. The predicted molar refractivity (Wildman–Crippen MR) is 79.1 cm³/mol. The van der Waals surface area contributed by atoms with E-state index in [0.717, 1.165) is 0 Å². The van der Waals surface area contributed by atoms with Gasteiger partial charge in [0.1, 0.15) is 0 Å². The Morgan fingerprint density at radius 1 is 0.706 bits per heavy atom. The minimum atomic E-state index is -2.07. The van der Waals surface area contributed by atoms with Crippen molar-refractivity contribution in [1.29, 1.82) is 0 Å². The summed E-state index contributed by atoms with van der Waals surface area (Å²) >= 11 is -2.07. The van der Waals surface area contributed by atoms with E-state index in [0.29, 0.717) is 0 Å². The molecule has 0 atom stereocenters. The van der Waals surface area contributed by atoms with Crippen molar-refractivity contribution < 1.29 is 0 Å². The summed E-state index contributed by atoms with van der Waals surface area (Å²) in [6.45, 7) is 4.36. The molecule has 0 saturated heterocycles. The van der Waals surface area contributed by atoms with Crippen molar-refractivity contribution in [2.24, 2.45) is 0 Å². The molecule has 0 nitrogen and oxygen atoms in total. The van der Waals surface area contributed by atoms with Gasteiger partial charge in [-0.3, -0.25) is 0 Å². The van der Waals surface area contributed by atoms with Gasteiger partial charge in [-0.15, -0.1) is 0 Å². The van der Waals surface area contributed by atoms with Crippen LogP contribution in [-0.4, -0.2) is 13.3 Å². The van der Waals surface area contributed by atoms with Crippen LogP contribution in [0.15, 0.2) is 48.5 Å². The molecule has 17 heavy (non-hydrogen) atoms. The van der Waals surface area contributed by atoms with Crippen molar-refractivity contribution >= 4 is 22.1 Å². The molecule has 2 aromatic rings. The van der Waals surface area contributed by atoms with Gasteiger partial charge in [-0.05, 0) is 0 Å². The SMILES string of the molecule is Cc1ccc[c]([Ge]([CH3])([CH3])[c]2cccc(C)c2)c1. The van der Waals surface area contributed by atoms with Crippen LogP contribution in [0, 0.1) is 13.8 Å². The molecule has 2 aromatic carbocycles. The number of aryl methyl sites for hydroxylation is 2. The van der Waals surface area contributed by atoms with Crippen LogP contribution in [0.25, 0.3) is 0 Å². The van der Waals surface area contributed by atoms with Crippen LogP contribution in [0.1, 0.15) is 11.1 Å². The molecule has 0 radical (unpaired) electrons. The molecular weight excluding hydrogens is 265 g/mol. The van der Waals surface area contributed by atoms with Gasteiger partial charge in [0.2, 0.25) is 0 Å². The standard InChI is InChI=1S/C16H20Ge/c1-13-7-5-9-15(11-13)17(3,4)16-10-6-8-14(2)12-16/h5-12H,1-4H3. The first-order valence-electron chi connectivity index (χ1n) is 6.14. The molecule has 0 N–H and O–H groups in total. The second-order valence-electron chi connectivity index (χ2n) is 5.36. The first-order valence-corrected chi connectivity index (χ1v) is 12.4. The van der Waals surface area contributed by atoms with Crippen molar-refractivity contribution in [1.82, 2.24) is 0 Å². The fourth-order valence-corrected chi connectivity index (χ4v) is 7.56. The van der Waals surface area contributed by atoms with E-state index >= 15 is 0 Å². The van der Waals surface area contributed by atoms with Crippen LogP contribution < -0.4 is 8.79 Å². The van der Waals surface area contributed by atoms with Crippen LogP contribution in [-0.2, 0) is 0 Å². The third-order valence-electron chi connectivity index (χ3n) is 3.48. The molecule has 0 saturated carbocycles. The topological polar surface area (TPSA) is 0 Å². The first-order chi connectivity index (χ1) is 8.00. The second kappa shape index (κ2) is 4.69. The molecule has 0 aliphatic carbocycles. The van der Waals surface area contributed by atoms with Gasteiger partial charge >= 0.3 is 107 Å². The Kier molecular flexibility index (Phi) is 3.43. The van der Waals surface area contributed by atoms with E-state index in [1.54, 1.807) is 8.79 Å². The quantitative estimate of drug-likeness (QED) is 0.744. The zero-order valence-electron chi connectivity index (χ0n) is 11.1. The molecule has 88 valence electrons. The number of rotatable bonds is 2. The molecule has 0 aliphatic heterocycles. The van der Waals surface area contributed by atoms with Gasteiger partial charge in [0.05, 0.1) is 0 Å². The summed E-state index contributed by atoms with van der Waals surface area (Å²) in [6, 6.07) is 18.1. The van der Waals surface area contributed by atoms with Crippen molar-refractivity contribution in [2.45, 2.75) is 25.4 Å². The fourth-order valence-electron chi connectivity index (χ4n) is 2.23. The Morgan fingerprint density at radius 3 is 1.47 bits per heavy atom. The van der Waals surface area contributed by atoms with E-state index in [-0.39, 0.29) is 0 Å². The molecule has 0 aliphatic rings. The fraction of sp³-hybridized carbons (Fsp3) is 0.250. The molecule has 0 amide bonds. The van der Waals surface area contributed by atoms with Crippen LogP contribution in [0.3, 0.4) is 0 Å². The molecule has 0 heterocycles.